The average molecular weight is 471 g/mol. The van der Waals surface area contributed by atoms with Gasteiger partial charge in [-0.3, -0.25) is 4.90 Å². The molecule has 3 N–H and O–H groups in total. The number of ether oxygens (including phenoxy) is 1. The fraction of sp³-hybridized carbons (Fsp3) is 0.565. The summed E-state index contributed by atoms with van der Waals surface area (Å²) in [5.41, 5.74) is 5.87. The van der Waals surface area contributed by atoms with Crippen molar-refractivity contribution in [3.8, 4) is 5.88 Å². The lowest BCUT2D eigenvalue weighted by Crippen LogP contribution is -2.51. The van der Waals surface area contributed by atoms with E-state index in [2.05, 4.69) is 32.7 Å². The van der Waals surface area contributed by atoms with Crippen molar-refractivity contribution in [3.63, 3.8) is 0 Å². The van der Waals surface area contributed by atoms with Gasteiger partial charge < -0.3 is 10.1 Å². The molecule has 0 saturated carbocycles. The minimum absolute atomic E-state index is 0.177. The Kier molecular flexibility index (Phi) is 5.00. The van der Waals surface area contributed by atoms with Gasteiger partial charge in [0.25, 0.3) is 0 Å². The Morgan fingerprint density at radius 2 is 2.12 bits per heavy atom. The minimum Gasteiger partial charge on any atom is -0.475 e. The van der Waals surface area contributed by atoms with Gasteiger partial charge >= 0.3 is 6.03 Å². The first-order valence-corrected chi connectivity index (χ1v) is 13.4. The molecule has 2 amide bonds. The summed E-state index contributed by atoms with van der Waals surface area (Å²) in [5, 5.41) is 13.4. The number of benzene rings is 1. The zero-order valence-corrected chi connectivity index (χ0v) is 19.7. The zero-order valence-electron chi connectivity index (χ0n) is 18.9. The Labute approximate surface area is 194 Å². The van der Waals surface area contributed by atoms with Gasteiger partial charge in [0.15, 0.2) is 9.92 Å². The lowest BCUT2D eigenvalue weighted by Gasteiger charge is -2.40. The van der Waals surface area contributed by atoms with Crippen LogP contribution in [0.3, 0.4) is 0 Å². The summed E-state index contributed by atoms with van der Waals surface area (Å²) in [6.45, 7) is 5.45. The summed E-state index contributed by atoms with van der Waals surface area (Å²) < 4.78 is 24.8. The van der Waals surface area contributed by atoms with Crippen LogP contribution in [0.2, 0.25) is 0 Å². The number of hydrogen-bond acceptors (Lipinski definition) is 5. The van der Waals surface area contributed by atoms with Gasteiger partial charge in [-0.2, -0.15) is 5.10 Å². The van der Waals surface area contributed by atoms with Crippen LogP contribution in [0, 0.1) is 0 Å². The highest BCUT2D eigenvalue weighted by atomic mass is 32.2. The number of aromatic nitrogens is 2. The second-order valence-corrected chi connectivity index (χ2v) is 11.5. The fourth-order valence-electron chi connectivity index (χ4n) is 5.74. The lowest BCUT2D eigenvalue weighted by molar-refractivity contribution is 0.0417. The van der Waals surface area contributed by atoms with Crippen LogP contribution in [0.1, 0.15) is 54.4 Å². The summed E-state index contributed by atoms with van der Waals surface area (Å²) in [6.07, 6.45) is 7.77. The summed E-state index contributed by atoms with van der Waals surface area (Å²) in [6, 6.07) is 1.87. The highest BCUT2D eigenvalue weighted by Gasteiger charge is 2.33. The third-order valence-corrected chi connectivity index (χ3v) is 8.94. The molecule has 0 bridgehead atoms. The average Bonchev–Trinajstić information content (AvgIpc) is 3.44. The van der Waals surface area contributed by atoms with Crippen molar-refractivity contribution in [2.45, 2.75) is 68.8 Å². The van der Waals surface area contributed by atoms with Crippen LogP contribution < -0.4 is 15.2 Å². The molecule has 1 aromatic heterocycles. The van der Waals surface area contributed by atoms with Crippen molar-refractivity contribution >= 4 is 21.6 Å². The number of urea groups is 1. The number of hydrogen-bond donors (Lipinski definition) is 2. The number of nitrogens with one attached hydrogen (secondary N) is 1. The first-order valence-electron chi connectivity index (χ1n) is 11.9. The molecule has 1 fully saturated rings. The highest BCUT2D eigenvalue weighted by Crippen LogP contribution is 2.44. The molecule has 6 rings (SSSR count). The second-order valence-electron chi connectivity index (χ2n) is 9.70. The van der Waals surface area contributed by atoms with Gasteiger partial charge in [0.1, 0.15) is 11.5 Å². The van der Waals surface area contributed by atoms with Gasteiger partial charge in [-0.1, -0.05) is 13.0 Å². The van der Waals surface area contributed by atoms with E-state index in [1.54, 1.807) is 4.68 Å². The van der Waals surface area contributed by atoms with Crippen LogP contribution in [0.25, 0.3) is 0 Å². The molecule has 3 atom stereocenters. The molecule has 1 saturated heterocycles. The SMILES string of the molecule is C[C@H]1CCc2cc3c(c(NC(=O)N=S(N)(=O)c4cnn5c4OC[C@@H](N4CCC4)C5)c21)CCC3. The maximum atomic E-state index is 13.3. The maximum absolute atomic E-state index is 13.3. The number of anilines is 1. The molecule has 4 aliphatic rings. The Morgan fingerprint density at radius 1 is 1.27 bits per heavy atom. The van der Waals surface area contributed by atoms with E-state index < -0.39 is 15.9 Å². The van der Waals surface area contributed by atoms with E-state index in [1.807, 2.05) is 0 Å². The largest absolute Gasteiger partial charge is 0.475 e. The third kappa shape index (κ3) is 3.55. The molecule has 1 unspecified atom stereocenters. The van der Waals surface area contributed by atoms with Crippen molar-refractivity contribution in [1.82, 2.24) is 14.7 Å². The van der Waals surface area contributed by atoms with E-state index in [0.717, 1.165) is 50.9 Å². The number of fused-ring (bicyclic) bond motifs is 3. The normalized spacial score (nSPS) is 25.3. The Bertz CT molecular complexity index is 1260. The topological polar surface area (TPSA) is 115 Å². The maximum Gasteiger partial charge on any atom is 0.354 e. The summed E-state index contributed by atoms with van der Waals surface area (Å²) >= 11 is 0. The molecule has 2 aliphatic carbocycles. The molecule has 10 heteroatoms. The van der Waals surface area contributed by atoms with Gasteiger partial charge in [0.2, 0.25) is 5.88 Å². The smallest absolute Gasteiger partial charge is 0.354 e. The van der Waals surface area contributed by atoms with Crippen LogP contribution >= 0.6 is 0 Å². The standard InChI is InChI=1S/C23H30N6O3S/c1-14-6-7-16-10-15-4-2-5-18(15)21(20(14)16)26-23(30)27-33(24,31)19-11-25-29-12-17(13-32-22(19)29)28-8-3-9-28/h10-11,14,17H,2-9,12-13H2,1H3,(H3,24,26,27,30,31)/t14-,17-,33?/m0/s1. The minimum atomic E-state index is -3.51. The van der Waals surface area contributed by atoms with Crippen molar-refractivity contribution in [1.29, 1.82) is 0 Å². The molecule has 176 valence electrons. The van der Waals surface area contributed by atoms with Gasteiger partial charge in [-0.25, -0.2) is 18.8 Å². The van der Waals surface area contributed by atoms with Crippen LogP contribution in [-0.2, 0) is 35.7 Å². The number of aryl methyl sites for hydroxylation is 2. The number of carbonyl (C=O) groups is 1. The molecule has 2 aromatic rings. The van der Waals surface area contributed by atoms with Crippen LogP contribution in [0.4, 0.5) is 10.5 Å². The molecular formula is C23H30N6O3S. The molecule has 0 spiro atoms. The van der Waals surface area contributed by atoms with Crippen LogP contribution in [0.5, 0.6) is 5.88 Å². The Morgan fingerprint density at radius 3 is 2.91 bits per heavy atom. The van der Waals surface area contributed by atoms with E-state index in [4.69, 9.17) is 9.88 Å². The second kappa shape index (κ2) is 7.82. The number of rotatable bonds is 3. The molecule has 3 heterocycles. The highest BCUT2D eigenvalue weighted by molar-refractivity contribution is 7.91. The summed E-state index contributed by atoms with van der Waals surface area (Å²) in [7, 11) is -3.51. The van der Waals surface area contributed by atoms with Crippen molar-refractivity contribution < 1.29 is 13.7 Å². The van der Waals surface area contributed by atoms with Crippen molar-refractivity contribution in [2.75, 3.05) is 25.0 Å². The van der Waals surface area contributed by atoms with E-state index in [0.29, 0.717) is 24.9 Å². The van der Waals surface area contributed by atoms with E-state index in [1.165, 1.54) is 34.9 Å². The molecule has 9 nitrogen and oxygen atoms in total. The van der Waals surface area contributed by atoms with Gasteiger partial charge in [-0.05, 0) is 79.8 Å². The quantitative estimate of drug-likeness (QED) is 0.716. The predicted molar refractivity (Wildman–Crippen MR) is 125 cm³/mol. The molecule has 1 aromatic carbocycles. The summed E-state index contributed by atoms with van der Waals surface area (Å²) in [4.78, 5) is 15.5. The van der Waals surface area contributed by atoms with Gasteiger partial charge in [0.05, 0.1) is 18.8 Å². The van der Waals surface area contributed by atoms with Crippen LogP contribution in [-0.4, -0.2) is 50.7 Å². The van der Waals surface area contributed by atoms with E-state index in [-0.39, 0.29) is 10.9 Å². The third-order valence-electron chi connectivity index (χ3n) is 7.59. The number of amides is 2. The Balaban J connectivity index is 1.28. The molecule has 33 heavy (non-hydrogen) atoms. The van der Waals surface area contributed by atoms with Crippen LogP contribution in [0.15, 0.2) is 21.5 Å². The van der Waals surface area contributed by atoms with Crippen molar-refractivity contribution in [2.24, 2.45) is 9.50 Å². The van der Waals surface area contributed by atoms with E-state index >= 15 is 0 Å². The van der Waals surface area contributed by atoms with Crippen molar-refractivity contribution in [3.05, 3.63) is 34.5 Å². The number of carbonyl (C=O) groups excluding carboxylic acids is 1. The first kappa shape index (κ1) is 21.1. The monoisotopic (exact) mass is 470 g/mol. The fourth-order valence-corrected chi connectivity index (χ4v) is 6.74. The lowest BCUT2D eigenvalue weighted by atomic mass is 9.95. The van der Waals surface area contributed by atoms with Gasteiger partial charge in [-0.15, -0.1) is 4.36 Å². The molecular weight excluding hydrogens is 440 g/mol. The number of nitrogens with zero attached hydrogens (tertiary/aromatic N) is 4. The molecule has 2 aliphatic heterocycles. The predicted octanol–water partition coefficient (Wildman–Crippen LogP) is 2.82. The number of nitrogens with two attached hydrogens (primary N) is 1. The molecule has 0 radical (unpaired) electrons. The van der Waals surface area contributed by atoms with E-state index in [9.17, 15) is 9.00 Å². The first-order chi connectivity index (χ1) is 15.9. The number of likely N-dealkylation sites (tertiary alicyclic amines) is 1. The zero-order chi connectivity index (χ0) is 22.7. The summed E-state index contributed by atoms with van der Waals surface area (Å²) in [5.74, 6) is 0.727. The van der Waals surface area contributed by atoms with Gasteiger partial charge in [0, 0.05) is 5.69 Å². The Hall–Kier alpha value is -2.43.